The fraction of sp³-hybridized carbons (Fsp3) is 0.143. The predicted molar refractivity (Wildman–Crippen MR) is 75.1 cm³/mol. The third kappa shape index (κ3) is 3.39. The highest BCUT2D eigenvalue weighted by molar-refractivity contribution is 6.35. The number of nitrogens with two attached hydrogens (primary N) is 1. The number of halogens is 2. The van der Waals surface area contributed by atoms with Crippen LogP contribution in [-0.2, 0) is 13.2 Å². The van der Waals surface area contributed by atoms with Crippen molar-refractivity contribution in [3.63, 3.8) is 0 Å². The first kappa shape index (κ1) is 13.2. The summed E-state index contributed by atoms with van der Waals surface area (Å²) in [7, 11) is 0. The molecule has 0 saturated heterocycles. The molecule has 0 amide bonds. The molecule has 0 aliphatic carbocycles. The Bertz CT molecular complexity index is 526. The fourth-order valence-electron chi connectivity index (χ4n) is 1.52. The summed E-state index contributed by atoms with van der Waals surface area (Å²) in [5, 5.41) is 1.23. The van der Waals surface area contributed by atoms with Crippen molar-refractivity contribution in [1.29, 1.82) is 0 Å². The normalized spacial score (nSPS) is 10.4. The van der Waals surface area contributed by atoms with E-state index < -0.39 is 0 Å². The van der Waals surface area contributed by atoms with Crippen LogP contribution in [-0.4, -0.2) is 0 Å². The van der Waals surface area contributed by atoms with Gasteiger partial charge in [-0.05, 0) is 29.8 Å². The molecule has 0 saturated carbocycles. The van der Waals surface area contributed by atoms with Gasteiger partial charge in [-0.2, -0.15) is 0 Å². The molecule has 2 N–H and O–H groups in total. The molecule has 0 radical (unpaired) electrons. The molecule has 2 aromatic rings. The van der Waals surface area contributed by atoms with Crippen LogP contribution in [0.1, 0.15) is 11.1 Å². The maximum absolute atomic E-state index is 6.06. The van der Waals surface area contributed by atoms with Crippen molar-refractivity contribution in [2.24, 2.45) is 5.73 Å². The van der Waals surface area contributed by atoms with Gasteiger partial charge in [0.05, 0.1) is 0 Å². The zero-order valence-corrected chi connectivity index (χ0v) is 11.2. The summed E-state index contributed by atoms with van der Waals surface area (Å²) in [6, 6.07) is 13.0. The van der Waals surface area contributed by atoms with Gasteiger partial charge in [0.25, 0.3) is 0 Å². The average Bonchev–Trinajstić information content (AvgIpc) is 2.38. The van der Waals surface area contributed by atoms with Gasteiger partial charge in [-0.1, -0.05) is 41.4 Å². The smallest absolute Gasteiger partial charge is 0.119 e. The van der Waals surface area contributed by atoms with Crippen molar-refractivity contribution in [3.8, 4) is 5.75 Å². The molecule has 0 bridgehead atoms. The zero-order chi connectivity index (χ0) is 13.0. The fourth-order valence-corrected chi connectivity index (χ4v) is 1.98. The van der Waals surface area contributed by atoms with E-state index in [0.717, 1.165) is 16.9 Å². The Morgan fingerprint density at radius 1 is 1.00 bits per heavy atom. The topological polar surface area (TPSA) is 35.2 Å². The SMILES string of the molecule is NCc1ccc(OCc2ccc(Cl)cc2Cl)cc1. The van der Waals surface area contributed by atoms with E-state index in [-0.39, 0.29) is 0 Å². The highest BCUT2D eigenvalue weighted by Gasteiger charge is 2.02. The lowest BCUT2D eigenvalue weighted by Gasteiger charge is -2.08. The summed E-state index contributed by atoms with van der Waals surface area (Å²) in [4.78, 5) is 0. The number of rotatable bonds is 4. The lowest BCUT2D eigenvalue weighted by Crippen LogP contribution is -1.98. The Labute approximate surface area is 116 Å². The zero-order valence-electron chi connectivity index (χ0n) is 9.70. The van der Waals surface area contributed by atoms with E-state index in [4.69, 9.17) is 33.7 Å². The molecular formula is C14H13Cl2NO. The summed E-state index contributed by atoms with van der Waals surface area (Å²) >= 11 is 11.9. The minimum Gasteiger partial charge on any atom is -0.489 e. The summed E-state index contributed by atoms with van der Waals surface area (Å²) in [5.41, 5.74) is 7.51. The number of hydrogen-bond acceptors (Lipinski definition) is 2. The van der Waals surface area contributed by atoms with Crippen molar-refractivity contribution in [1.82, 2.24) is 0 Å². The molecule has 0 unspecified atom stereocenters. The Balaban J connectivity index is 2.02. The van der Waals surface area contributed by atoms with E-state index in [1.807, 2.05) is 30.3 Å². The van der Waals surface area contributed by atoms with Gasteiger partial charge in [-0.15, -0.1) is 0 Å². The first-order valence-electron chi connectivity index (χ1n) is 5.55. The van der Waals surface area contributed by atoms with Gasteiger partial charge in [0.2, 0.25) is 0 Å². The Morgan fingerprint density at radius 3 is 2.33 bits per heavy atom. The van der Waals surface area contributed by atoms with Crippen molar-refractivity contribution < 1.29 is 4.74 Å². The standard InChI is InChI=1S/C14H13Cl2NO/c15-12-4-3-11(14(16)7-12)9-18-13-5-1-10(8-17)2-6-13/h1-7H,8-9,17H2. The molecular weight excluding hydrogens is 269 g/mol. The van der Waals surface area contributed by atoms with Gasteiger partial charge < -0.3 is 10.5 Å². The first-order valence-corrected chi connectivity index (χ1v) is 6.30. The van der Waals surface area contributed by atoms with Gasteiger partial charge in [0.1, 0.15) is 12.4 Å². The highest BCUT2D eigenvalue weighted by atomic mass is 35.5. The van der Waals surface area contributed by atoms with Crippen LogP contribution in [0.25, 0.3) is 0 Å². The Hall–Kier alpha value is -1.22. The largest absolute Gasteiger partial charge is 0.489 e. The third-order valence-electron chi connectivity index (χ3n) is 2.57. The quantitative estimate of drug-likeness (QED) is 0.918. The predicted octanol–water partition coefficient (Wildman–Crippen LogP) is 4.03. The molecule has 2 aromatic carbocycles. The molecule has 0 heterocycles. The van der Waals surface area contributed by atoms with Gasteiger partial charge in [-0.25, -0.2) is 0 Å². The van der Waals surface area contributed by atoms with Gasteiger partial charge >= 0.3 is 0 Å². The maximum Gasteiger partial charge on any atom is 0.119 e. The maximum atomic E-state index is 6.06. The summed E-state index contributed by atoms with van der Waals surface area (Å²) in [6.45, 7) is 0.946. The van der Waals surface area contributed by atoms with Crippen molar-refractivity contribution in [2.75, 3.05) is 0 Å². The molecule has 2 rings (SSSR count). The molecule has 0 atom stereocenters. The van der Waals surface area contributed by atoms with E-state index >= 15 is 0 Å². The Kier molecular flexibility index (Phi) is 4.48. The molecule has 94 valence electrons. The van der Waals surface area contributed by atoms with Crippen LogP contribution < -0.4 is 10.5 Å². The monoisotopic (exact) mass is 281 g/mol. The summed E-state index contributed by atoms with van der Waals surface area (Å²) in [6.07, 6.45) is 0. The van der Waals surface area contributed by atoms with Crippen LogP contribution in [0.5, 0.6) is 5.75 Å². The molecule has 2 nitrogen and oxygen atoms in total. The average molecular weight is 282 g/mol. The molecule has 0 spiro atoms. The second-order valence-corrected chi connectivity index (χ2v) is 4.72. The van der Waals surface area contributed by atoms with Crippen molar-refractivity contribution in [2.45, 2.75) is 13.2 Å². The van der Waals surface area contributed by atoms with E-state index in [1.165, 1.54) is 0 Å². The third-order valence-corrected chi connectivity index (χ3v) is 3.16. The molecule has 0 fully saturated rings. The number of ether oxygens (including phenoxy) is 1. The molecule has 0 aromatic heterocycles. The van der Waals surface area contributed by atoms with E-state index in [0.29, 0.717) is 23.2 Å². The summed E-state index contributed by atoms with van der Waals surface area (Å²) < 4.78 is 5.64. The molecule has 18 heavy (non-hydrogen) atoms. The van der Waals surface area contributed by atoms with Crippen LogP contribution in [0, 0.1) is 0 Å². The van der Waals surface area contributed by atoms with Crippen LogP contribution in [0.15, 0.2) is 42.5 Å². The van der Waals surface area contributed by atoms with Gasteiger partial charge in [-0.3, -0.25) is 0 Å². The number of benzene rings is 2. The summed E-state index contributed by atoms with van der Waals surface area (Å²) in [5.74, 6) is 0.790. The van der Waals surface area contributed by atoms with Crippen LogP contribution in [0.4, 0.5) is 0 Å². The molecule has 4 heteroatoms. The van der Waals surface area contributed by atoms with E-state index in [2.05, 4.69) is 0 Å². The lowest BCUT2D eigenvalue weighted by molar-refractivity contribution is 0.306. The first-order chi connectivity index (χ1) is 8.69. The minimum atomic E-state index is 0.415. The second-order valence-electron chi connectivity index (χ2n) is 3.87. The second kappa shape index (κ2) is 6.10. The molecule has 0 aliphatic rings. The number of hydrogen-bond donors (Lipinski definition) is 1. The van der Waals surface area contributed by atoms with Gasteiger partial charge in [0, 0.05) is 22.2 Å². The lowest BCUT2D eigenvalue weighted by atomic mass is 10.2. The van der Waals surface area contributed by atoms with Crippen molar-refractivity contribution in [3.05, 3.63) is 63.6 Å². The van der Waals surface area contributed by atoms with Gasteiger partial charge in [0.15, 0.2) is 0 Å². The minimum absolute atomic E-state index is 0.415. The molecule has 0 aliphatic heterocycles. The van der Waals surface area contributed by atoms with Crippen molar-refractivity contribution >= 4 is 23.2 Å². The van der Waals surface area contributed by atoms with Crippen LogP contribution in [0.3, 0.4) is 0 Å². The van der Waals surface area contributed by atoms with E-state index in [9.17, 15) is 0 Å². The Morgan fingerprint density at radius 2 is 1.72 bits per heavy atom. The van der Waals surface area contributed by atoms with Crippen LogP contribution >= 0.6 is 23.2 Å². The van der Waals surface area contributed by atoms with Crippen LogP contribution in [0.2, 0.25) is 10.0 Å². The van der Waals surface area contributed by atoms with E-state index in [1.54, 1.807) is 12.1 Å². The highest BCUT2D eigenvalue weighted by Crippen LogP contribution is 2.22.